The van der Waals surface area contributed by atoms with Crippen LogP contribution in [0.1, 0.15) is 30.5 Å². The maximum atomic E-state index is 12.3. The summed E-state index contributed by atoms with van der Waals surface area (Å²) in [5, 5.41) is 9.62. The summed E-state index contributed by atoms with van der Waals surface area (Å²) in [4.78, 5) is 10.4. The van der Waals surface area contributed by atoms with Gasteiger partial charge in [0.15, 0.2) is 5.17 Å². The van der Waals surface area contributed by atoms with Crippen LogP contribution in [0.4, 0.5) is 24.5 Å². The number of benzene rings is 3. The van der Waals surface area contributed by atoms with Crippen molar-refractivity contribution < 1.29 is 17.9 Å². The maximum absolute atomic E-state index is 12.3. The van der Waals surface area contributed by atoms with Gasteiger partial charge in [-0.3, -0.25) is 0 Å². The number of amidine groups is 2. The number of hydrogen-bond acceptors (Lipinski definition) is 5. The first-order valence-electron chi connectivity index (χ1n) is 12.3. The molecule has 1 aliphatic heterocycles. The first-order chi connectivity index (χ1) is 19.2. The standard InChI is InChI=1S/C29H27F3N6OS/c1-20(2)17-23-5-3-4-6-26(23)38-15-16-40-28(38)37-36-18-21-7-9-22(10-8-21)27(33)35-19-34-24-11-13-25(14-12-24)39-29(30,31)32/h3-14,17-19H,15-16H2,1-2H3,(H2,33,34,35)/b36-18+,37-28-. The Bertz CT molecular complexity index is 1460. The van der Waals surface area contributed by atoms with E-state index in [4.69, 9.17) is 5.73 Å². The van der Waals surface area contributed by atoms with Crippen LogP contribution in [0.5, 0.6) is 5.75 Å². The van der Waals surface area contributed by atoms with Crippen molar-refractivity contribution in [3.8, 4) is 5.75 Å². The first-order valence-corrected chi connectivity index (χ1v) is 13.2. The zero-order valence-corrected chi connectivity index (χ0v) is 22.7. The lowest BCUT2D eigenvalue weighted by Gasteiger charge is -2.19. The van der Waals surface area contributed by atoms with Crippen molar-refractivity contribution in [3.05, 3.63) is 95.1 Å². The van der Waals surface area contributed by atoms with Gasteiger partial charge in [0, 0.05) is 17.9 Å². The van der Waals surface area contributed by atoms with Crippen molar-refractivity contribution in [2.45, 2.75) is 20.2 Å². The third kappa shape index (κ3) is 8.31. The van der Waals surface area contributed by atoms with Gasteiger partial charge in [-0.2, -0.15) is 5.10 Å². The van der Waals surface area contributed by atoms with E-state index in [-0.39, 0.29) is 11.6 Å². The molecular weight excluding hydrogens is 537 g/mol. The number of hydrogen-bond donors (Lipinski definition) is 1. The number of para-hydroxylation sites is 1. The van der Waals surface area contributed by atoms with Crippen molar-refractivity contribution in [2.75, 3.05) is 17.2 Å². The molecule has 3 aromatic rings. The highest BCUT2D eigenvalue weighted by Crippen LogP contribution is 2.30. The van der Waals surface area contributed by atoms with Gasteiger partial charge >= 0.3 is 6.36 Å². The molecule has 1 saturated heterocycles. The SMILES string of the molecule is CC(C)=Cc1ccccc1N1CCS/C1=N\N=C\c1ccc(C(N)=NC=Nc2ccc(OC(F)(F)F)cc2)cc1. The number of thioether (sulfide) groups is 1. The normalized spacial score (nSPS) is 15.4. The smallest absolute Gasteiger partial charge is 0.406 e. The molecule has 1 heterocycles. The average molecular weight is 565 g/mol. The van der Waals surface area contributed by atoms with Crippen LogP contribution in [-0.4, -0.2) is 42.2 Å². The fourth-order valence-electron chi connectivity index (χ4n) is 3.73. The van der Waals surface area contributed by atoms with Gasteiger partial charge in [0.05, 0.1) is 17.6 Å². The van der Waals surface area contributed by atoms with E-state index >= 15 is 0 Å². The predicted octanol–water partition coefficient (Wildman–Crippen LogP) is 7.02. The van der Waals surface area contributed by atoms with Gasteiger partial charge in [-0.15, -0.1) is 18.3 Å². The summed E-state index contributed by atoms with van der Waals surface area (Å²) in [7, 11) is 0. The van der Waals surface area contributed by atoms with Crippen LogP contribution in [-0.2, 0) is 0 Å². The van der Waals surface area contributed by atoms with Gasteiger partial charge in [0.2, 0.25) is 0 Å². The van der Waals surface area contributed by atoms with Crippen molar-refractivity contribution in [3.63, 3.8) is 0 Å². The van der Waals surface area contributed by atoms with E-state index in [1.165, 1.54) is 36.2 Å². The summed E-state index contributed by atoms with van der Waals surface area (Å²) < 4.78 is 40.6. The van der Waals surface area contributed by atoms with Crippen molar-refractivity contribution in [1.29, 1.82) is 0 Å². The molecular formula is C29H27F3N6OS. The summed E-state index contributed by atoms with van der Waals surface area (Å²) in [6.45, 7) is 5.02. The lowest BCUT2D eigenvalue weighted by Crippen LogP contribution is -2.24. The molecule has 0 bridgehead atoms. The number of ether oxygens (including phenoxy) is 1. The van der Waals surface area contributed by atoms with Crippen LogP contribution < -0.4 is 15.4 Å². The number of nitrogens with zero attached hydrogens (tertiary/aromatic N) is 5. The zero-order valence-electron chi connectivity index (χ0n) is 21.8. The number of alkyl halides is 3. The molecule has 0 radical (unpaired) electrons. The minimum atomic E-state index is -4.74. The van der Waals surface area contributed by atoms with Gasteiger partial charge in [-0.1, -0.05) is 65.9 Å². The molecule has 0 saturated carbocycles. The lowest BCUT2D eigenvalue weighted by molar-refractivity contribution is -0.274. The van der Waals surface area contributed by atoms with Gasteiger partial charge in [0.1, 0.15) is 17.9 Å². The van der Waals surface area contributed by atoms with Crippen LogP contribution in [0.15, 0.2) is 98.6 Å². The molecule has 4 rings (SSSR count). The second kappa shape index (κ2) is 13.1. The molecule has 7 nitrogen and oxygen atoms in total. The summed E-state index contributed by atoms with van der Waals surface area (Å²) in [5.74, 6) is 0.845. The van der Waals surface area contributed by atoms with E-state index in [1.807, 2.05) is 24.3 Å². The largest absolute Gasteiger partial charge is 0.573 e. The fraction of sp³-hybridized carbons (Fsp3) is 0.172. The molecule has 40 heavy (non-hydrogen) atoms. The van der Waals surface area contributed by atoms with E-state index in [1.54, 1.807) is 30.1 Å². The van der Waals surface area contributed by atoms with Crippen molar-refractivity contribution >= 4 is 52.8 Å². The molecule has 0 atom stereocenters. The van der Waals surface area contributed by atoms with Gasteiger partial charge in [-0.05, 0) is 55.3 Å². The molecule has 3 aromatic carbocycles. The Labute approximate surface area is 234 Å². The molecule has 0 unspecified atom stereocenters. The number of allylic oxidation sites excluding steroid dienone is 1. The molecule has 11 heteroatoms. The van der Waals surface area contributed by atoms with Gasteiger partial charge in [0.25, 0.3) is 0 Å². The molecule has 1 fully saturated rings. The highest BCUT2D eigenvalue weighted by atomic mass is 32.2. The number of nitrogens with two attached hydrogens (primary N) is 1. The fourth-order valence-corrected chi connectivity index (χ4v) is 4.63. The maximum Gasteiger partial charge on any atom is 0.573 e. The Morgan fingerprint density at radius 2 is 1.73 bits per heavy atom. The van der Waals surface area contributed by atoms with Crippen LogP contribution >= 0.6 is 11.8 Å². The molecule has 0 spiro atoms. The number of aliphatic imine (C=N–C) groups is 2. The average Bonchev–Trinajstić information content (AvgIpc) is 3.37. The van der Waals surface area contributed by atoms with Crippen molar-refractivity contribution in [2.24, 2.45) is 25.9 Å². The third-order valence-electron chi connectivity index (χ3n) is 5.48. The van der Waals surface area contributed by atoms with E-state index in [9.17, 15) is 13.2 Å². The minimum Gasteiger partial charge on any atom is -0.406 e. The first kappa shape index (κ1) is 28.6. The van der Waals surface area contributed by atoms with Crippen LogP contribution in [0.3, 0.4) is 0 Å². The van der Waals surface area contributed by atoms with E-state index < -0.39 is 6.36 Å². The molecule has 0 aromatic heterocycles. The summed E-state index contributed by atoms with van der Waals surface area (Å²) in [6, 6.07) is 20.7. The summed E-state index contributed by atoms with van der Waals surface area (Å²) in [5.41, 5.74) is 11.5. The van der Waals surface area contributed by atoms with Crippen LogP contribution in [0, 0.1) is 0 Å². The van der Waals surface area contributed by atoms with Gasteiger partial charge < -0.3 is 15.4 Å². The quantitative estimate of drug-likeness (QED) is 0.181. The Morgan fingerprint density at radius 3 is 2.42 bits per heavy atom. The third-order valence-corrected chi connectivity index (χ3v) is 6.43. The van der Waals surface area contributed by atoms with E-state index in [2.05, 4.69) is 61.9 Å². The number of anilines is 1. The van der Waals surface area contributed by atoms with Crippen LogP contribution in [0.25, 0.3) is 6.08 Å². The molecule has 2 N–H and O–H groups in total. The Morgan fingerprint density at radius 1 is 1.00 bits per heavy atom. The minimum absolute atomic E-state index is 0.234. The van der Waals surface area contributed by atoms with Gasteiger partial charge in [-0.25, -0.2) is 9.98 Å². The molecule has 206 valence electrons. The Hall–Kier alpha value is -4.38. The monoisotopic (exact) mass is 564 g/mol. The molecule has 0 amide bonds. The second-order valence-electron chi connectivity index (χ2n) is 8.83. The number of halogens is 3. The van der Waals surface area contributed by atoms with Crippen LogP contribution in [0.2, 0.25) is 0 Å². The Balaban J connectivity index is 1.38. The molecule has 0 aliphatic carbocycles. The summed E-state index contributed by atoms with van der Waals surface area (Å²) in [6.07, 6.45) is 0.334. The van der Waals surface area contributed by atoms with E-state index in [0.717, 1.165) is 34.3 Å². The second-order valence-corrected chi connectivity index (χ2v) is 9.89. The van der Waals surface area contributed by atoms with E-state index in [0.29, 0.717) is 11.3 Å². The Kier molecular flexibility index (Phi) is 9.39. The topological polar surface area (TPSA) is 87.9 Å². The predicted molar refractivity (Wildman–Crippen MR) is 159 cm³/mol. The highest BCUT2D eigenvalue weighted by Gasteiger charge is 2.31. The summed E-state index contributed by atoms with van der Waals surface area (Å²) >= 11 is 1.67. The zero-order chi connectivity index (χ0) is 28.5. The lowest BCUT2D eigenvalue weighted by atomic mass is 10.1. The van der Waals surface area contributed by atoms with Crippen molar-refractivity contribution in [1.82, 2.24) is 0 Å². The number of rotatable bonds is 8. The molecule has 1 aliphatic rings. The highest BCUT2D eigenvalue weighted by molar-refractivity contribution is 8.14.